The minimum atomic E-state index is -3.96. The Bertz CT molecular complexity index is 760. The van der Waals surface area contributed by atoms with Crippen molar-refractivity contribution < 1.29 is 17.2 Å². The molecule has 9 heteroatoms. The van der Waals surface area contributed by atoms with E-state index < -0.39 is 26.6 Å². The summed E-state index contributed by atoms with van der Waals surface area (Å²) in [4.78, 5) is 9.44. The lowest BCUT2D eigenvalue weighted by Gasteiger charge is -2.39. The molecule has 22 heavy (non-hydrogen) atoms. The highest BCUT2D eigenvalue weighted by Crippen LogP contribution is 2.19. The topological polar surface area (TPSA) is 75.2 Å². The van der Waals surface area contributed by atoms with Crippen molar-refractivity contribution in [2.24, 2.45) is 0 Å². The number of halogens is 2. The summed E-state index contributed by atoms with van der Waals surface area (Å²) in [6.07, 6.45) is 4.66. The Hall–Kier alpha value is -2.13. The van der Waals surface area contributed by atoms with Crippen LogP contribution in [0, 0.1) is 11.6 Å². The highest BCUT2D eigenvalue weighted by atomic mass is 32.2. The molecule has 0 unspecified atom stereocenters. The molecule has 2 heterocycles. The number of nitrogens with one attached hydrogen (secondary N) is 1. The molecule has 0 aliphatic carbocycles. The van der Waals surface area contributed by atoms with Gasteiger partial charge < -0.3 is 4.90 Å². The minimum Gasteiger partial charge on any atom is -0.352 e. The van der Waals surface area contributed by atoms with Gasteiger partial charge in [0, 0.05) is 31.5 Å². The van der Waals surface area contributed by atoms with Crippen LogP contribution >= 0.6 is 0 Å². The number of anilines is 1. The SMILES string of the molecule is O=S(=O)(NC1CN(c2cnccn2)C1)c1cc(F)cc(F)c1. The highest BCUT2D eigenvalue weighted by molar-refractivity contribution is 7.89. The molecule has 0 saturated carbocycles. The van der Waals surface area contributed by atoms with Crippen LogP contribution in [-0.2, 0) is 10.0 Å². The quantitative estimate of drug-likeness (QED) is 0.904. The molecule has 1 aromatic carbocycles. The summed E-state index contributed by atoms with van der Waals surface area (Å²) in [5.41, 5.74) is 0. The van der Waals surface area contributed by atoms with Gasteiger partial charge in [-0.15, -0.1) is 0 Å². The maximum Gasteiger partial charge on any atom is 0.241 e. The van der Waals surface area contributed by atoms with Crippen molar-refractivity contribution in [1.82, 2.24) is 14.7 Å². The number of hydrogen-bond donors (Lipinski definition) is 1. The second kappa shape index (κ2) is 5.58. The van der Waals surface area contributed by atoms with Gasteiger partial charge in [0.25, 0.3) is 0 Å². The highest BCUT2D eigenvalue weighted by Gasteiger charge is 2.32. The second-order valence-electron chi connectivity index (χ2n) is 4.89. The van der Waals surface area contributed by atoms with Gasteiger partial charge in [-0.05, 0) is 12.1 Å². The largest absolute Gasteiger partial charge is 0.352 e. The fourth-order valence-corrected chi connectivity index (χ4v) is 3.43. The number of rotatable bonds is 4. The van der Waals surface area contributed by atoms with E-state index in [-0.39, 0.29) is 6.04 Å². The van der Waals surface area contributed by atoms with E-state index in [4.69, 9.17) is 0 Å². The predicted octanol–water partition coefficient (Wildman–Crippen LogP) is 0.922. The first-order valence-corrected chi connectivity index (χ1v) is 7.92. The van der Waals surface area contributed by atoms with Crippen molar-refractivity contribution in [1.29, 1.82) is 0 Å². The van der Waals surface area contributed by atoms with E-state index in [0.29, 0.717) is 25.0 Å². The fourth-order valence-electron chi connectivity index (χ4n) is 2.17. The Labute approximate surface area is 125 Å². The maximum absolute atomic E-state index is 13.1. The number of nitrogens with zero attached hydrogens (tertiary/aromatic N) is 3. The number of aromatic nitrogens is 2. The summed E-state index contributed by atoms with van der Waals surface area (Å²) in [7, 11) is -3.96. The van der Waals surface area contributed by atoms with Gasteiger partial charge in [-0.25, -0.2) is 26.9 Å². The second-order valence-corrected chi connectivity index (χ2v) is 6.61. The van der Waals surface area contributed by atoms with Crippen LogP contribution in [0.15, 0.2) is 41.7 Å². The van der Waals surface area contributed by atoms with Crippen LogP contribution in [0.25, 0.3) is 0 Å². The van der Waals surface area contributed by atoms with E-state index in [1.165, 1.54) is 0 Å². The molecule has 0 spiro atoms. The van der Waals surface area contributed by atoms with Crippen LogP contribution in [0.4, 0.5) is 14.6 Å². The molecule has 1 fully saturated rings. The molecule has 6 nitrogen and oxygen atoms in total. The standard InChI is InChI=1S/C13H12F2N4O2S/c14-9-3-10(15)5-12(4-9)22(20,21)18-11-7-19(8-11)13-6-16-1-2-17-13/h1-6,11,18H,7-8H2. The monoisotopic (exact) mass is 326 g/mol. The van der Waals surface area contributed by atoms with Crippen molar-refractivity contribution in [2.75, 3.05) is 18.0 Å². The average Bonchev–Trinajstić information content (AvgIpc) is 2.42. The van der Waals surface area contributed by atoms with Gasteiger partial charge in [-0.1, -0.05) is 0 Å². The van der Waals surface area contributed by atoms with Crippen molar-refractivity contribution in [3.8, 4) is 0 Å². The number of hydrogen-bond acceptors (Lipinski definition) is 5. The predicted molar refractivity (Wildman–Crippen MR) is 74.7 cm³/mol. The smallest absolute Gasteiger partial charge is 0.241 e. The Morgan fingerprint density at radius 2 is 1.82 bits per heavy atom. The first-order valence-electron chi connectivity index (χ1n) is 6.43. The van der Waals surface area contributed by atoms with Crippen LogP contribution < -0.4 is 9.62 Å². The maximum atomic E-state index is 13.1. The zero-order chi connectivity index (χ0) is 15.7. The minimum absolute atomic E-state index is 0.349. The van der Waals surface area contributed by atoms with E-state index in [0.717, 1.165) is 12.1 Å². The molecule has 1 aliphatic heterocycles. The Morgan fingerprint density at radius 1 is 1.14 bits per heavy atom. The summed E-state index contributed by atoms with van der Waals surface area (Å²) in [5.74, 6) is -1.22. The van der Waals surface area contributed by atoms with Crippen molar-refractivity contribution in [3.63, 3.8) is 0 Å². The van der Waals surface area contributed by atoms with Gasteiger partial charge in [-0.2, -0.15) is 0 Å². The first kappa shape index (κ1) is 14.8. The van der Waals surface area contributed by atoms with Gasteiger partial charge in [0.1, 0.15) is 17.5 Å². The summed E-state index contributed by atoms with van der Waals surface area (Å²) in [6, 6.07) is 1.84. The average molecular weight is 326 g/mol. The molecule has 2 aromatic rings. The molecule has 0 bridgehead atoms. The van der Waals surface area contributed by atoms with E-state index >= 15 is 0 Å². The molecule has 0 amide bonds. The lowest BCUT2D eigenvalue weighted by molar-refractivity contribution is 0.465. The van der Waals surface area contributed by atoms with E-state index in [9.17, 15) is 17.2 Å². The molecule has 116 valence electrons. The lowest BCUT2D eigenvalue weighted by atomic mass is 10.1. The summed E-state index contributed by atoms with van der Waals surface area (Å²) < 4.78 is 52.8. The van der Waals surface area contributed by atoms with Crippen LogP contribution in [-0.4, -0.2) is 37.5 Å². The molecule has 0 atom stereocenters. The third-order valence-electron chi connectivity index (χ3n) is 3.22. The third kappa shape index (κ3) is 3.04. The molecule has 1 N–H and O–H groups in total. The Morgan fingerprint density at radius 3 is 2.41 bits per heavy atom. The lowest BCUT2D eigenvalue weighted by Crippen LogP contribution is -2.59. The van der Waals surface area contributed by atoms with Gasteiger partial charge in [0.15, 0.2) is 0 Å². The van der Waals surface area contributed by atoms with Crippen molar-refractivity contribution in [2.45, 2.75) is 10.9 Å². The van der Waals surface area contributed by atoms with Crippen LogP contribution in [0.1, 0.15) is 0 Å². The molecule has 3 rings (SSSR count). The fraction of sp³-hybridized carbons (Fsp3) is 0.231. The Kier molecular flexibility index (Phi) is 3.75. The van der Waals surface area contributed by atoms with E-state index in [1.807, 2.05) is 4.90 Å². The van der Waals surface area contributed by atoms with Crippen LogP contribution in [0.2, 0.25) is 0 Å². The molecule has 1 aromatic heterocycles. The van der Waals surface area contributed by atoms with Gasteiger partial charge in [0.2, 0.25) is 10.0 Å². The van der Waals surface area contributed by atoms with Crippen molar-refractivity contribution in [3.05, 3.63) is 48.4 Å². The summed E-state index contributed by atoms with van der Waals surface area (Å²) in [5, 5.41) is 0. The third-order valence-corrected chi connectivity index (χ3v) is 4.72. The summed E-state index contributed by atoms with van der Waals surface area (Å²) in [6.45, 7) is 0.825. The molecule has 1 aliphatic rings. The zero-order valence-corrected chi connectivity index (χ0v) is 12.1. The molecular formula is C13H12F2N4O2S. The Balaban J connectivity index is 1.67. The molecule has 1 saturated heterocycles. The molecule has 0 radical (unpaired) electrons. The first-order chi connectivity index (χ1) is 10.4. The van der Waals surface area contributed by atoms with Crippen molar-refractivity contribution >= 4 is 15.8 Å². The van der Waals surface area contributed by atoms with Crippen LogP contribution in [0.3, 0.4) is 0 Å². The van der Waals surface area contributed by atoms with Crippen LogP contribution in [0.5, 0.6) is 0 Å². The zero-order valence-electron chi connectivity index (χ0n) is 11.3. The number of sulfonamides is 1. The number of benzene rings is 1. The van der Waals surface area contributed by atoms with E-state index in [1.54, 1.807) is 18.6 Å². The normalized spacial score (nSPS) is 15.6. The van der Waals surface area contributed by atoms with E-state index in [2.05, 4.69) is 14.7 Å². The van der Waals surface area contributed by atoms with Gasteiger partial charge in [-0.3, -0.25) is 4.98 Å². The molecular weight excluding hydrogens is 314 g/mol. The summed E-state index contributed by atoms with van der Waals surface area (Å²) >= 11 is 0. The van der Waals surface area contributed by atoms with Gasteiger partial charge in [0.05, 0.1) is 17.1 Å². The van der Waals surface area contributed by atoms with Gasteiger partial charge >= 0.3 is 0 Å².